The molecule has 0 bridgehead atoms. The molecule has 2 rings (SSSR count). The van der Waals surface area contributed by atoms with E-state index in [1.165, 1.54) is 11.8 Å². The maximum Gasteiger partial charge on any atom is 0.276 e. The van der Waals surface area contributed by atoms with Gasteiger partial charge in [-0.2, -0.15) is 0 Å². The average molecular weight is 293 g/mol. The quantitative estimate of drug-likeness (QED) is 0.784. The van der Waals surface area contributed by atoms with Gasteiger partial charge in [-0.3, -0.25) is 4.79 Å². The summed E-state index contributed by atoms with van der Waals surface area (Å²) in [6.07, 6.45) is 0.280. The number of nitrogens with zero attached hydrogens (tertiary/aromatic N) is 2. The highest BCUT2D eigenvalue weighted by Gasteiger charge is 2.08. The summed E-state index contributed by atoms with van der Waals surface area (Å²) in [7, 11) is 0. The summed E-state index contributed by atoms with van der Waals surface area (Å²) >= 11 is 1.30. The van der Waals surface area contributed by atoms with E-state index in [9.17, 15) is 4.79 Å². The molecule has 0 aliphatic carbocycles. The fourth-order valence-electron chi connectivity index (χ4n) is 1.44. The third-order valence-corrected chi connectivity index (χ3v) is 3.19. The lowest BCUT2D eigenvalue weighted by atomic mass is 10.2. The van der Waals surface area contributed by atoms with Gasteiger partial charge in [-0.1, -0.05) is 23.9 Å². The first-order chi connectivity index (χ1) is 9.63. The molecule has 1 amide bonds. The molecule has 0 atom stereocenters. The first kappa shape index (κ1) is 14.4. The molecule has 0 aliphatic rings. The Bertz CT molecular complexity index is 586. The SMILES string of the molecule is Cc1cccc(OCc2nnc(SCCC(N)=O)o2)c1. The molecule has 0 aliphatic heterocycles. The van der Waals surface area contributed by atoms with Crippen molar-refractivity contribution in [2.45, 2.75) is 25.2 Å². The molecule has 7 heteroatoms. The molecule has 0 radical (unpaired) electrons. The number of amides is 1. The Kier molecular flexibility index (Phi) is 5.00. The number of primary amides is 1. The third-order valence-electron chi connectivity index (χ3n) is 2.37. The minimum Gasteiger partial charge on any atom is -0.484 e. The summed E-state index contributed by atoms with van der Waals surface area (Å²) in [5.74, 6) is 1.33. The van der Waals surface area contributed by atoms with Gasteiger partial charge in [-0.05, 0) is 24.6 Å². The van der Waals surface area contributed by atoms with Crippen LogP contribution in [0.2, 0.25) is 0 Å². The molecule has 0 fully saturated rings. The summed E-state index contributed by atoms with van der Waals surface area (Å²) in [6, 6.07) is 7.71. The minimum atomic E-state index is -0.347. The second kappa shape index (κ2) is 6.95. The van der Waals surface area contributed by atoms with E-state index in [1.54, 1.807) is 0 Å². The van der Waals surface area contributed by atoms with E-state index in [-0.39, 0.29) is 18.9 Å². The van der Waals surface area contributed by atoms with Gasteiger partial charge in [-0.15, -0.1) is 10.2 Å². The van der Waals surface area contributed by atoms with Gasteiger partial charge in [0.05, 0.1) is 0 Å². The highest BCUT2D eigenvalue weighted by atomic mass is 32.2. The first-order valence-electron chi connectivity index (χ1n) is 6.06. The molecule has 0 spiro atoms. The van der Waals surface area contributed by atoms with Crippen LogP contribution in [0.1, 0.15) is 17.9 Å². The van der Waals surface area contributed by atoms with E-state index in [2.05, 4.69) is 10.2 Å². The van der Waals surface area contributed by atoms with Gasteiger partial charge in [0.1, 0.15) is 5.75 Å². The number of carbonyl (C=O) groups is 1. The number of aromatic nitrogens is 2. The van der Waals surface area contributed by atoms with Crippen molar-refractivity contribution in [3.63, 3.8) is 0 Å². The third kappa shape index (κ3) is 4.58. The smallest absolute Gasteiger partial charge is 0.276 e. The van der Waals surface area contributed by atoms with Crippen LogP contribution in [0.5, 0.6) is 5.75 Å². The number of hydrogen-bond acceptors (Lipinski definition) is 6. The van der Waals surface area contributed by atoms with E-state index in [0.717, 1.165) is 11.3 Å². The second-order valence-corrected chi connectivity index (χ2v) is 5.18. The number of benzene rings is 1. The van der Waals surface area contributed by atoms with Crippen LogP contribution >= 0.6 is 11.8 Å². The highest BCUT2D eigenvalue weighted by molar-refractivity contribution is 7.99. The normalized spacial score (nSPS) is 10.4. The number of carbonyl (C=O) groups excluding carboxylic acids is 1. The Morgan fingerprint density at radius 1 is 1.45 bits per heavy atom. The van der Waals surface area contributed by atoms with Gasteiger partial charge < -0.3 is 14.9 Å². The van der Waals surface area contributed by atoms with Crippen LogP contribution in [-0.4, -0.2) is 21.9 Å². The van der Waals surface area contributed by atoms with Crippen molar-refractivity contribution < 1.29 is 13.9 Å². The molecular formula is C13H15N3O3S. The van der Waals surface area contributed by atoms with Crippen molar-refractivity contribution in [2.24, 2.45) is 5.73 Å². The number of aryl methyl sites for hydroxylation is 1. The van der Waals surface area contributed by atoms with Gasteiger partial charge in [0.25, 0.3) is 11.1 Å². The minimum absolute atomic E-state index is 0.215. The van der Waals surface area contributed by atoms with Gasteiger partial charge in [0.15, 0.2) is 6.61 Å². The lowest BCUT2D eigenvalue weighted by Gasteiger charge is -2.03. The monoisotopic (exact) mass is 293 g/mol. The lowest BCUT2D eigenvalue weighted by Crippen LogP contribution is -2.10. The predicted molar refractivity (Wildman–Crippen MR) is 74.3 cm³/mol. The van der Waals surface area contributed by atoms with Gasteiger partial charge >= 0.3 is 0 Å². The standard InChI is InChI=1S/C13H15N3O3S/c1-9-3-2-4-10(7-9)18-8-12-15-16-13(19-12)20-6-5-11(14)17/h2-4,7H,5-6,8H2,1H3,(H2,14,17). The molecule has 2 aromatic rings. The van der Waals surface area contributed by atoms with E-state index in [4.69, 9.17) is 14.9 Å². The van der Waals surface area contributed by atoms with Crippen LogP contribution in [0, 0.1) is 6.92 Å². The van der Waals surface area contributed by atoms with Gasteiger partial charge in [0.2, 0.25) is 5.91 Å². The number of hydrogen-bond donors (Lipinski definition) is 1. The Labute approximate surface area is 120 Å². The largest absolute Gasteiger partial charge is 0.484 e. The van der Waals surface area contributed by atoms with Crippen LogP contribution in [0.25, 0.3) is 0 Å². The Morgan fingerprint density at radius 3 is 3.05 bits per heavy atom. The molecule has 0 saturated heterocycles. The zero-order valence-corrected chi connectivity index (χ0v) is 11.9. The Morgan fingerprint density at radius 2 is 2.30 bits per heavy atom. The van der Waals surface area contributed by atoms with Crippen molar-refractivity contribution in [2.75, 3.05) is 5.75 Å². The average Bonchev–Trinajstić information content (AvgIpc) is 2.84. The Hall–Kier alpha value is -2.02. The van der Waals surface area contributed by atoms with Gasteiger partial charge in [0, 0.05) is 12.2 Å². The van der Waals surface area contributed by atoms with Crippen molar-refractivity contribution in [1.29, 1.82) is 0 Å². The summed E-state index contributed by atoms with van der Waals surface area (Å²) in [5.41, 5.74) is 6.17. The van der Waals surface area contributed by atoms with Crippen LogP contribution < -0.4 is 10.5 Å². The molecule has 1 aromatic carbocycles. The van der Waals surface area contributed by atoms with E-state index in [0.29, 0.717) is 16.9 Å². The maximum atomic E-state index is 10.6. The topological polar surface area (TPSA) is 91.2 Å². The van der Waals surface area contributed by atoms with E-state index in [1.807, 2.05) is 31.2 Å². The zero-order chi connectivity index (χ0) is 14.4. The second-order valence-electron chi connectivity index (χ2n) is 4.13. The molecule has 106 valence electrons. The van der Waals surface area contributed by atoms with Crippen LogP contribution in [0.15, 0.2) is 33.9 Å². The maximum absolute atomic E-state index is 10.6. The predicted octanol–water partition coefficient (Wildman–Crippen LogP) is 1.92. The Balaban J connectivity index is 1.82. The van der Waals surface area contributed by atoms with Gasteiger partial charge in [-0.25, -0.2) is 0 Å². The lowest BCUT2D eigenvalue weighted by molar-refractivity contribution is -0.117. The highest BCUT2D eigenvalue weighted by Crippen LogP contribution is 2.18. The number of thioether (sulfide) groups is 1. The summed E-state index contributed by atoms with van der Waals surface area (Å²) in [4.78, 5) is 10.6. The molecule has 0 unspecified atom stereocenters. The fourth-order valence-corrected chi connectivity index (χ4v) is 2.18. The van der Waals surface area contributed by atoms with Crippen LogP contribution in [-0.2, 0) is 11.4 Å². The molecule has 2 N–H and O–H groups in total. The molecular weight excluding hydrogens is 278 g/mol. The summed E-state index contributed by atoms with van der Waals surface area (Å²) in [6.45, 7) is 2.21. The molecule has 0 saturated carbocycles. The van der Waals surface area contributed by atoms with Crippen molar-refractivity contribution in [3.8, 4) is 5.75 Å². The van der Waals surface area contributed by atoms with Crippen molar-refractivity contribution in [1.82, 2.24) is 10.2 Å². The number of ether oxygens (including phenoxy) is 1. The van der Waals surface area contributed by atoms with Crippen LogP contribution in [0.3, 0.4) is 0 Å². The van der Waals surface area contributed by atoms with Crippen LogP contribution in [0.4, 0.5) is 0 Å². The number of rotatable bonds is 7. The summed E-state index contributed by atoms with van der Waals surface area (Å²) < 4.78 is 10.9. The zero-order valence-electron chi connectivity index (χ0n) is 11.0. The van der Waals surface area contributed by atoms with Crippen molar-refractivity contribution in [3.05, 3.63) is 35.7 Å². The molecule has 6 nitrogen and oxygen atoms in total. The summed E-state index contributed by atoms with van der Waals surface area (Å²) in [5, 5.41) is 8.14. The molecule has 20 heavy (non-hydrogen) atoms. The van der Waals surface area contributed by atoms with E-state index < -0.39 is 0 Å². The fraction of sp³-hybridized carbons (Fsp3) is 0.308. The first-order valence-corrected chi connectivity index (χ1v) is 7.05. The molecule has 1 heterocycles. The van der Waals surface area contributed by atoms with Crippen molar-refractivity contribution >= 4 is 17.7 Å². The molecule has 1 aromatic heterocycles. The number of nitrogens with two attached hydrogens (primary N) is 1. The van der Waals surface area contributed by atoms with E-state index >= 15 is 0 Å².